The number of dihydropyridines is 2. The molecular weight excluding hydrogens is 1470 g/mol. The molecule has 2 aliphatic rings. The van der Waals surface area contributed by atoms with Crippen LogP contribution in [0.3, 0.4) is 0 Å². The van der Waals surface area contributed by atoms with Gasteiger partial charge in [-0.05, 0) is 36.4 Å². The Morgan fingerprint density at radius 3 is 1.39 bits per heavy atom. The van der Waals surface area contributed by atoms with Crippen LogP contribution in [0.15, 0.2) is 143 Å². The number of benzene rings is 4. The van der Waals surface area contributed by atoms with Crippen LogP contribution < -0.4 is 32.6 Å². The second-order valence-corrected chi connectivity index (χ2v) is 15.9. The number of ketones is 2. The van der Waals surface area contributed by atoms with Crippen molar-refractivity contribution < 1.29 is 79.0 Å². The molecule has 0 spiro atoms. The molecule has 0 saturated carbocycles. The third kappa shape index (κ3) is 43.7. The van der Waals surface area contributed by atoms with Gasteiger partial charge in [-0.2, -0.15) is 22.4 Å². The number of hydrogen-bond donors (Lipinski definition) is 3. The maximum atomic E-state index is 12.4. The van der Waals surface area contributed by atoms with Crippen molar-refractivity contribution >= 4 is 120 Å². The van der Waals surface area contributed by atoms with Gasteiger partial charge in [0.1, 0.15) is 30.3 Å². The maximum Gasteiger partial charge on any atom is 0.259 e. The zero-order valence-corrected chi connectivity index (χ0v) is 54.2. The normalized spacial score (nSPS) is 10.1. The van der Waals surface area contributed by atoms with Gasteiger partial charge in [-0.15, -0.1) is 30.3 Å². The Morgan fingerprint density at radius 2 is 1.02 bits per heavy atom. The van der Waals surface area contributed by atoms with Crippen LogP contribution >= 0.6 is 78.2 Å². The molecule has 363 valence electrons. The van der Waals surface area contributed by atoms with Crippen molar-refractivity contribution in [1.29, 1.82) is 0 Å². The van der Waals surface area contributed by atoms with E-state index in [4.69, 9.17) is 9.84 Å². The van der Waals surface area contributed by atoms with Crippen LogP contribution in [-0.2, 0) is 42.3 Å². The third-order valence-electron chi connectivity index (χ3n) is 5.92. The number of allylic oxidation sites excluding steroid dienone is 2. The molecule has 2 heterocycles. The minimum atomic E-state index is -0.357. The molecule has 0 bridgehead atoms. The number of halogens is 5. The van der Waals surface area contributed by atoms with Crippen molar-refractivity contribution in [3.05, 3.63) is 150 Å². The first kappa shape index (κ1) is 78.6. The van der Waals surface area contributed by atoms with Crippen LogP contribution in [0, 0.1) is 6.07 Å². The summed E-state index contributed by atoms with van der Waals surface area (Å²) in [6.45, 7) is 24.3. The smallest absolute Gasteiger partial charge is 0.259 e. The van der Waals surface area contributed by atoms with Crippen LogP contribution in [0.5, 0.6) is 17.2 Å². The number of rotatable bonds is 6. The zero-order valence-electron chi connectivity index (χ0n) is 40.5. The predicted molar refractivity (Wildman–Crippen MR) is 310 cm³/mol. The van der Waals surface area contributed by atoms with Crippen molar-refractivity contribution in [2.24, 2.45) is 9.98 Å². The fourth-order valence-electron chi connectivity index (χ4n) is 3.84. The number of carbonyl (C=O) groups excluding carboxylic acids is 4. The van der Waals surface area contributed by atoms with Crippen LogP contribution in [0.25, 0.3) is 0 Å². The quantitative estimate of drug-likeness (QED) is 0.0758. The zero-order chi connectivity index (χ0) is 51.3. The van der Waals surface area contributed by atoms with E-state index in [1.807, 2.05) is 119 Å². The van der Waals surface area contributed by atoms with Crippen molar-refractivity contribution in [2.75, 3.05) is 18.0 Å². The number of phenolic OH excluding ortho intramolecular Hbond substituents is 1. The molecule has 2 amide bonds. The van der Waals surface area contributed by atoms with Gasteiger partial charge in [0.2, 0.25) is 0 Å². The van der Waals surface area contributed by atoms with Crippen molar-refractivity contribution in [3.8, 4) is 17.2 Å². The summed E-state index contributed by atoms with van der Waals surface area (Å²) in [5.41, 5.74) is 6.07. The number of nitrogens with zero attached hydrogens (tertiary/aromatic N) is 2. The summed E-state index contributed by atoms with van der Waals surface area (Å²) in [4.78, 5) is 56.4. The van der Waals surface area contributed by atoms with Crippen LogP contribution in [0.1, 0.15) is 104 Å². The topological polar surface area (TPSA) is 147 Å². The molecule has 0 atom stereocenters. The van der Waals surface area contributed by atoms with E-state index in [9.17, 15) is 19.2 Å². The van der Waals surface area contributed by atoms with Gasteiger partial charge < -0.3 is 25.3 Å². The van der Waals surface area contributed by atoms with E-state index < -0.39 is 0 Å². The second-order valence-electron chi connectivity index (χ2n) is 9.65. The molecule has 0 saturated heterocycles. The van der Waals surface area contributed by atoms with E-state index in [1.165, 1.54) is 24.6 Å². The summed E-state index contributed by atoms with van der Waals surface area (Å²) in [6.07, 6.45) is 5.68. The Hall–Kier alpha value is -1.60. The fraction of sp³-hybridized carbons (Fsp3) is 0.306. The predicted octanol–water partition coefficient (Wildman–Crippen LogP) is 11.4. The van der Waals surface area contributed by atoms with Gasteiger partial charge in [0, 0.05) is 94.5 Å². The molecule has 3 N–H and O–H groups in total. The number of alkyl halides is 1. The SMILES string of the molecule is CC.CC.CC.CC.CC.CC.C[I-]I.II.O=C1C=C(NC(=O)c2[c-]cccc2)C=NC1.O=C1C=C(NC(=O)c2ccccc2Oc2ccccc2)C=NC1.Oc1ccccc1.[B]I.[Y]. The number of aromatic hydroxyl groups is 1. The van der Waals surface area contributed by atoms with Gasteiger partial charge in [0.05, 0.1) is 17.0 Å². The molecule has 0 unspecified atom stereocenters. The van der Waals surface area contributed by atoms with Crippen LogP contribution in [0.2, 0.25) is 0 Å². The Labute approximate surface area is 481 Å². The van der Waals surface area contributed by atoms with E-state index in [-0.39, 0.29) is 69.2 Å². The largest absolute Gasteiger partial charge is 0.508 e. The Balaban J connectivity index is -0.000000141. The van der Waals surface area contributed by atoms with E-state index in [0.29, 0.717) is 57.0 Å². The Morgan fingerprint density at radius 1 is 0.636 bits per heavy atom. The summed E-state index contributed by atoms with van der Waals surface area (Å²) >= 11 is 8.85. The first-order valence-corrected chi connectivity index (χ1v) is 36.9. The molecule has 17 heteroatoms. The molecule has 4 aromatic carbocycles. The molecule has 0 fully saturated rings. The molecule has 4 aromatic rings. The molecule has 6 rings (SSSR count). The molecule has 2 aliphatic heterocycles. The fourth-order valence-corrected chi connectivity index (χ4v) is 3.84. The number of phenols is 1. The van der Waals surface area contributed by atoms with E-state index >= 15 is 0 Å². The number of nitrogens with one attached hydrogen (secondary N) is 2. The third-order valence-corrected chi connectivity index (χ3v) is 5.92. The van der Waals surface area contributed by atoms with Crippen LogP contribution in [0.4, 0.5) is 0 Å². The van der Waals surface area contributed by atoms with E-state index in [1.54, 1.807) is 95.2 Å². The second kappa shape index (κ2) is 63.4. The summed E-state index contributed by atoms with van der Waals surface area (Å²) < 4.78 is 5.76. The molecule has 0 aliphatic carbocycles. The van der Waals surface area contributed by atoms with Crippen molar-refractivity contribution in [1.82, 2.24) is 10.6 Å². The molecule has 10 nitrogen and oxygen atoms in total. The first-order chi connectivity index (χ1) is 31.8. The number of ether oxygens (including phenoxy) is 1. The average molecular weight is 1540 g/mol. The summed E-state index contributed by atoms with van der Waals surface area (Å²) in [5, 5.41) is 13.9. The van der Waals surface area contributed by atoms with Crippen molar-refractivity contribution in [2.45, 2.75) is 83.1 Å². The minimum absolute atomic E-state index is 0. The summed E-state index contributed by atoms with van der Waals surface area (Å²) in [6, 6.07) is 34.5. The average Bonchev–Trinajstić information content (AvgIpc) is 3.38. The first-order valence-electron chi connectivity index (χ1n) is 20.9. The van der Waals surface area contributed by atoms with Crippen molar-refractivity contribution in [3.63, 3.8) is 0 Å². The summed E-state index contributed by atoms with van der Waals surface area (Å²) in [5.74, 6) is 0.489. The van der Waals surface area contributed by atoms with Crippen LogP contribution in [-0.4, -0.2) is 64.6 Å². The van der Waals surface area contributed by atoms with Gasteiger partial charge in [-0.3, -0.25) is 24.4 Å². The number of aliphatic imine (C=N–C) groups is 2. The van der Waals surface area contributed by atoms with Gasteiger partial charge in [0.15, 0.2) is 23.2 Å². The van der Waals surface area contributed by atoms with E-state index in [2.05, 4.69) is 93.2 Å². The monoisotopic (exact) mass is 1540 g/mol. The number of carbonyl (C=O) groups is 4. The van der Waals surface area contributed by atoms with E-state index in [0.717, 1.165) is 0 Å². The minimum Gasteiger partial charge on any atom is -0.508 e. The molecular formula is C49H68BI5N4O6Y-2. The maximum absolute atomic E-state index is 12.4. The van der Waals surface area contributed by atoms with Gasteiger partial charge in [-0.1, -0.05) is 137 Å². The van der Waals surface area contributed by atoms with Gasteiger partial charge in [0.25, 0.3) is 5.91 Å². The Kier molecular flexibility index (Phi) is 75.5. The standard InChI is InChI=1S/C18H14N2O3.C12H9N2O2.C6H6O.6C2H6.CH3I2.BI.I2.Y/c21-14-10-13(11-19-12-14)20-18(22)16-8-4-5-9-17(16)23-15-6-2-1-3-7-15;15-11-6-10(7-13-8-11)14-12(16)9-4-2-1-3-5-9;7-6-4-2-1-3-5-6;6*1-2;1-3-2;2*1-2;/h1-11H,12H2,(H,20,22);1-4,6-7H,8H2,(H,14,16);1-5,7H;6*1-2H3;1H3;;;/q;-1;;;;;;;;-1;;;. The Bertz CT molecular complexity index is 1840. The number of hydrogen-bond acceptors (Lipinski definition) is 8. The molecule has 66 heavy (non-hydrogen) atoms. The molecule has 0 aromatic heterocycles. The van der Waals surface area contributed by atoms with Gasteiger partial charge in [-0.25, -0.2) is 0 Å². The summed E-state index contributed by atoms with van der Waals surface area (Å²) in [7, 11) is 0. The number of para-hydroxylation sites is 3. The van der Waals surface area contributed by atoms with Gasteiger partial charge >= 0.3 is 40.8 Å². The number of amides is 2. The molecule has 3 radical (unpaired) electrons.